The number of piperidine rings is 1. The second kappa shape index (κ2) is 11.4. The van der Waals surface area contributed by atoms with Crippen LogP contribution in [-0.2, 0) is 14.3 Å². The lowest BCUT2D eigenvalue weighted by Gasteiger charge is -2.35. The van der Waals surface area contributed by atoms with Gasteiger partial charge in [-0.2, -0.15) is 0 Å². The second-order valence-electron chi connectivity index (χ2n) is 9.67. The molecule has 0 bridgehead atoms. The Morgan fingerprint density at radius 2 is 1.74 bits per heavy atom. The van der Waals surface area contributed by atoms with Gasteiger partial charge in [0.1, 0.15) is 6.61 Å². The normalized spacial score (nSPS) is 17.9. The number of carbonyl (C=O) groups is 3. The zero-order valence-corrected chi connectivity index (χ0v) is 20.2. The molecule has 2 aromatic rings. The quantitative estimate of drug-likeness (QED) is 0.511. The first-order valence-corrected chi connectivity index (χ1v) is 12.5. The number of amides is 2. The number of likely N-dealkylation sites (tertiary alicyclic amines) is 1. The standard InChI is InChI=1S/C28H34N2O5/c1-19(16-27(32)33)20-8-7-15-30(17-20)26(31)13-6-14-29-28(34)35-18-25-23-11-4-2-9-21(23)22-10-3-5-12-24(22)25/h2-5,9-12,19-20,25H,6-8,13-18H2,1H3,(H,29,34)(H,32,33). The first-order valence-electron chi connectivity index (χ1n) is 12.5. The van der Waals surface area contributed by atoms with Gasteiger partial charge in [-0.05, 0) is 53.4 Å². The highest BCUT2D eigenvalue weighted by atomic mass is 16.5. The Hall–Kier alpha value is -3.35. The molecule has 2 N–H and O–H groups in total. The average molecular weight is 479 g/mol. The molecule has 2 aromatic carbocycles. The number of alkyl carbamates (subject to hydrolysis) is 1. The molecule has 35 heavy (non-hydrogen) atoms. The summed E-state index contributed by atoms with van der Waals surface area (Å²) in [5.74, 6) is -0.432. The van der Waals surface area contributed by atoms with E-state index < -0.39 is 12.1 Å². The third-order valence-corrected chi connectivity index (χ3v) is 7.29. The van der Waals surface area contributed by atoms with E-state index in [4.69, 9.17) is 9.84 Å². The van der Waals surface area contributed by atoms with Crippen LogP contribution in [0, 0.1) is 11.8 Å². The number of nitrogens with one attached hydrogen (secondary N) is 1. The van der Waals surface area contributed by atoms with Crippen molar-refractivity contribution < 1.29 is 24.2 Å². The van der Waals surface area contributed by atoms with Crippen molar-refractivity contribution in [3.63, 3.8) is 0 Å². The lowest BCUT2D eigenvalue weighted by molar-refractivity contribution is -0.138. The van der Waals surface area contributed by atoms with Crippen molar-refractivity contribution >= 4 is 18.0 Å². The van der Waals surface area contributed by atoms with Gasteiger partial charge >= 0.3 is 12.1 Å². The molecule has 2 atom stereocenters. The minimum Gasteiger partial charge on any atom is -0.481 e. The van der Waals surface area contributed by atoms with E-state index in [-0.39, 0.29) is 36.7 Å². The SMILES string of the molecule is CC(CC(=O)O)C1CCCN(C(=O)CCCNC(=O)OCC2c3ccccc3-c3ccccc32)C1. The average Bonchev–Trinajstić information content (AvgIpc) is 3.18. The first-order chi connectivity index (χ1) is 16.9. The molecule has 0 saturated carbocycles. The van der Waals surface area contributed by atoms with Crippen LogP contribution in [0.3, 0.4) is 0 Å². The summed E-state index contributed by atoms with van der Waals surface area (Å²) in [6.45, 7) is 3.92. The van der Waals surface area contributed by atoms with Gasteiger partial charge in [-0.25, -0.2) is 4.79 Å². The van der Waals surface area contributed by atoms with Crippen LogP contribution in [0.1, 0.15) is 56.1 Å². The number of ether oxygens (including phenoxy) is 1. The number of benzene rings is 2. The number of hydrogen-bond acceptors (Lipinski definition) is 4. The molecule has 1 heterocycles. The predicted molar refractivity (Wildman–Crippen MR) is 133 cm³/mol. The van der Waals surface area contributed by atoms with E-state index in [1.165, 1.54) is 22.3 Å². The van der Waals surface area contributed by atoms with E-state index in [9.17, 15) is 14.4 Å². The maximum Gasteiger partial charge on any atom is 0.407 e. The van der Waals surface area contributed by atoms with E-state index >= 15 is 0 Å². The van der Waals surface area contributed by atoms with Gasteiger partial charge in [-0.1, -0.05) is 55.5 Å². The molecule has 7 nitrogen and oxygen atoms in total. The molecule has 2 aliphatic rings. The second-order valence-corrected chi connectivity index (χ2v) is 9.67. The highest BCUT2D eigenvalue weighted by Gasteiger charge is 2.30. The number of aliphatic carboxylic acids is 1. The zero-order chi connectivity index (χ0) is 24.8. The van der Waals surface area contributed by atoms with Crippen molar-refractivity contribution in [1.82, 2.24) is 10.2 Å². The minimum atomic E-state index is -0.791. The smallest absolute Gasteiger partial charge is 0.407 e. The summed E-state index contributed by atoms with van der Waals surface area (Å²) < 4.78 is 5.54. The molecule has 1 aliphatic heterocycles. The summed E-state index contributed by atoms with van der Waals surface area (Å²) in [7, 11) is 0. The third-order valence-electron chi connectivity index (χ3n) is 7.29. The molecule has 0 radical (unpaired) electrons. The molecule has 1 aliphatic carbocycles. The van der Waals surface area contributed by atoms with Crippen LogP contribution in [0.2, 0.25) is 0 Å². The number of carbonyl (C=O) groups excluding carboxylic acids is 2. The van der Waals surface area contributed by atoms with Gasteiger partial charge in [0, 0.05) is 38.4 Å². The van der Waals surface area contributed by atoms with Crippen LogP contribution in [-0.4, -0.2) is 54.2 Å². The van der Waals surface area contributed by atoms with Gasteiger partial charge in [-0.15, -0.1) is 0 Å². The van der Waals surface area contributed by atoms with Crippen LogP contribution in [0.4, 0.5) is 4.79 Å². The van der Waals surface area contributed by atoms with Crippen LogP contribution >= 0.6 is 0 Å². The number of fused-ring (bicyclic) bond motifs is 3. The van der Waals surface area contributed by atoms with Crippen molar-refractivity contribution in [1.29, 1.82) is 0 Å². The Morgan fingerprint density at radius 1 is 1.09 bits per heavy atom. The lowest BCUT2D eigenvalue weighted by atomic mass is 9.84. The molecule has 1 saturated heterocycles. The van der Waals surface area contributed by atoms with Crippen LogP contribution in [0.5, 0.6) is 0 Å². The molecular formula is C28H34N2O5. The third kappa shape index (κ3) is 6.02. The summed E-state index contributed by atoms with van der Waals surface area (Å²) in [5, 5.41) is 11.8. The van der Waals surface area contributed by atoms with Crippen molar-refractivity contribution in [2.75, 3.05) is 26.2 Å². The number of hydrogen-bond donors (Lipinski definition) is 2. The van der Waals surface area contributed by atoms with Crippen LogP contribution in [0.15, 0.2) is 48.5 Å². The van der Waals surface area contributed by atoms with Crippen molar-refractivity contribution in [3.8, 4) is 11.1 Å². The molecule has 0 spiro atoms. The monoisotopic (exact) mass is 478 g/mol. The van der Waals surface area contributed by atoms with Crippen molar-refractivity contribution in [3.05, 3.63) is 59.7 Å². The minimum absolute atomic E-state index is 0.0188. The lowest BCUT2D eigenvalue weighted by Crippen LogP contribution is -2.42. The summed E-state index contributed by atoms with van der Waals surface area (Å²) in [4.78, 5) is 37.8. The van der Waals surface area contributed by atoms with Gasteiger partial charge in [0.15, 0.2) is 0 Å². The Balaban J connectivity index is 1.19. The van der Waals surface area contributed by atoms with E-state index in [2.05, 4.69) is 29.6 Å². The maximum atomic E-state index is 12.6. The summed E-state index contributed by atoms with van der Waals surface area (Å²) in [5.41, 5.74) is 4.72. The van der Waals surface area contributed by atoms with E-state index in [1.54, 1.807) is 0 Å². The summed E-state index contributed by atoms with van der Waals surface area (Å²) in [6, 6.07) is 16.4. The van der Waals surface area contributed by atoms with Crippen LogP contribution in [0.25, 0.3) is 11.1 Å². The maximum absolute atomic E-state index is 12.6. The Bertz CT molecular complexity index is 1020. The highest BCUT2D eigenvalue weighted by molar-refractivity contribution is 5.79. The molecular weight excluding hydrogens is 444 g/mol. The Kier molecular flexibility index (Phi) is 8.06. The number of carboxylic acids is 1. The fraction of sp³-hybridized carbons (Fsp3) is 0.464. The Morgan fingerprint density at radius 3 is 2.40 bits per heavy atom. The van der Waals surface area contributed by atoms with Crippen molar-refractivity contribution in [2.24, 2.45) is 11.8 Å². The van der Waals surface area contributed by atoms with Gasteiger partial charge in [0.25, 0.3) is 0 Å². The Labute approximate surface area is 206 Å². The summed E-state index contributed by atoms with van der Waals surface area (Å²) in [6.07, 6.45) is 2.41. The largest absolute Gasteiger partial charge is 0.481 e. The van der Waals surface area contributed by atoms with Gasteiger partial charge < -0.3 is 20.1 Å². The van der Waals surface area contributed by atoms with E-state index in [0.717, 1.165) is 19.4 Å². The van der Waals surface area contributed by atoms with E-state index in [1.807, 2.05) is 36.1 Å². The van der Waals surface area contributed by atoms with E-state index in [0.29, 0.717) is 25.9 Å². The van der Waals surface area contributed by atoms with Gasteiger partial charge in [0.2, 0.25) is 5.91 Å². The van der Waals surface area contributed by atoms with Gasteiger partial charge in [-0.3, -0.25) is 9.59 Å². The number of nitrogens with zero attached hydrogens (tertiary/aromatic N) is 1. The van der Waals surface area contributed by atoms with Gasteiger partial charge in [0.05, 0.1) is 0 Å². The molecule has 4 rings (SSSR count). The van der Waals surface area contributed by atoms with Crippen molar-refractivity contribution in [2.45, 2.75) is 44.9 Å². The molecule has 0 aromatic heterocycles. The fourth-order valence-electron chi connectivity index (χ4n) is 5.38. The zero-order valence-electron chi connectivity index (χ0n) is 20.2. The number of carboxylic acid groups (broad SMARTS) is 1. The molecule has 186 valence electrons. The van der Waals surface area contributed by atoms with Crippen LogP contribution < -0.4 is 5.32 Å². The molecule has 7 heteroatoms. The highest BCUT2D eigenvalue weighted by Crippen LogP contribution is 2.44. The topological polar surface area (TPSA) is 95.9 Å². The molecule has 1 fully saturated rings. The predicted octanol–water partition coefficient (Wildman–Crippen LogP) is 4.65. The fourth-order valence-corrected chi connectivity index (χ4v) is 5.38. The summed E-state index contributed by atoms with van der Waals surface area (Å²) >= 11 is 0. The first kappa shape index (κ1) is 24.8. The molecule has 2 unspecified atom stereocenters. The number of rotatable bonds is 9. The molecule has 2 amide bonds.